The largest absolute Gasteiger partial charge is 0.416 e. The Morgan fingerprint density at radius 1 is 1.33 bits per heavy atom. The lowest BCUT2D eigenvalue weighted by Crippen LogP contribution is -2.30. The lowest BCUT2D eigenvalue weighted by molar-refractivity contribution is -0.137. The van der Waals surface area contributed by atoms with Gasteiger partial charge in [0.2, 0.25) is 0 Å². The van der Waals surface area contributed by atoms with Crippen molar-refractivity contribution in [1.82, 2.24) is 4.72 Å². The molecule has 1 aromatic rings. The summed E-state index contributed by atoms with van der Waals surface area (Å²) >= 11 is 2.98. The van der Waals surface area contributed by atoms with Crippen LogP contribution in [0.1, 0.15) is 12.5 Å². The molecule has 0 saturated carbocycles. The van der Waals surface area contributed by atoms with Crippen LogP contribution in [0.5, 0.6) is 0 Å². The van der Waals surface area contributed by atoms with E-state index < -0.39 is 21.9 Å². The van der Waals surface area contributed by atoms with Gasteiger partial charge in [0.25, 0.3) is 10.2 Å². The highest BCUT2D eigenvalue weighted by molar-refractivity contribution is 9.10. The average molecular weight is 347 g/mol. The summed E-state index contributed by atoms with van der Waals surface area (Å²) in [6.07, 6.45) is -4.53. The molecule has 0 saturated heterocycles. The van der Waals surface area contributed by atoms with Crippen LogP contribution >= 0.6 is 15.9 Å². The number of alkyl halides is 3. The van der Waals surface area contributed by atoms with E-state index in [1.54, 1.807) is 6.92 Å². The minimum absolute atomic E-state index is 0.131. The standard InChI is InChI=1S/C9H10BrF3N2O2S/c1-2-14-18(16,17)15-8-5-6(9(11,12)13)3-4-7(8)10/h3-5,14-15H,2H2,1H3. The minimum Gasteiger partial charge on any atom is -0.270 e. The first-order valence-electron chi connectivity index (χ1n) is 4.80. The first kappa shape index (κ1) is 15.3. The zero-order valence-corrected chi connectivity index (χ0v) is 11.6. The Morgan fingerprint density at radius 3 is 2.44 bits per heavy atom. The molecule has 0 unspecified atom stereocenters. The van der Waals surface area contributed by atoms with Gasteiger partial charge in [0.05, 0.1) is 11.3 Å². The Labute approximate surface area is 111 Å². The number of nitrogens with one attached hydrogen (secondary N) is 2. The molecule has 0 spiro atoms. The highest BCUT2D eigenvalue weighted by Crippen LogP contribution is 2.34. The van der Waals surface area contributed by atoms with Crippen LogP contribution in [0.25, 0.3) is 0 Å². The predicted molar refractivity (Wildman–Crippen MR) is 65.4 cm³/mol. The Morgan fingerprint density at radius 2 is 1.94 bits per heavy atom. The number of benzene rings is 1. The first-order valence-corrected chi connectivity index (χ1v) is 7.07. The lowest BCUT2D eigenvalue weighted by atomic mass is 10.2. The summed E-state index contributed by atoms with van der Waals surface area (Å²) in [6.45, 7) is 1.69. The van der Waals surface area contributed by atoms with Crippen molar-refractivity contribution in [2.24, 2.45) is 0 Å². The molecule has 1 aromatic carbocycles. The van der Waals surface area contributed by atoms with E-state index in [1.165, 1.54) is 0 Å². The second kappa shape index (κ2) is 5.45. The summed E-state index contributed by atoms with van der Waals surface area (Å²) < 4.78 is 64.5. The maximum absolute atomic E-state index is 12.5. The van der Waals surface area contributed by atoms with E-state index in [0.29, 0.717) is 0 Å². The average Bonchev–Trinajstić information content (AvgIpc) is 2.19. The van der Waals surface area contributed by atoms with E-state index in [2.05, 4.69) is 20.7 Å². The molecule has 102 valence electrons. The molecule has 2 N–H and O–H groups in total. The van der Waals surface area contributed by atoms with Gasteiger partial charge in [-0.25, -0.2) is 0 Å². The highest BCUT2D eigenvalue weighted by atomic mass is 79.9. The smallest absolute Gasteiger partial charge is 0.270 e. The number of hydrogen-bond acceptors (Lipinski definition) is 2. The Kier molecular flexibility index (Phi) is 4.62. The summed E-state index contributed by atoms with van der Waals surface area (Å²) in [5.41, 5.74) is -1.11. The second-order valence-corrected chi connectivity index (χ2v) is 5.65. The van der Waals surface area contributed by atoms with E-state index >= 15 is 0 Å². The third-order valence-corrected chi connectivity index (χ3v) is 3.72. The maximum Gasteiger partial charge on any atom is 0.416 e. The molecule has 0 atom stereocenters. The zero-order valence-electron chi connectivity index (χ0n) is 9.18. The molecule has 18 heavy (non-hydrogen) atoms. The van der Waals surface area contributed by atoms with Gasteiger partial charge in [0, 0.05) is 11.0 Å². The van der Waals surface area contributed by atoms with Gasteiger partial charge in [-0.3, -0.25) is 4.72 Å². The topological polar surface area (TPSA) is 58.2 Å². The predicted octanol–water partition coefficient (Wildman–Crippen LogP) is 2.73. The fourth-order valence-corrected chi connectivity index (χ4v) is 2.54. The summed E-state index contributed by atoms with van der Waals surface area (Å²) in [6, 6.07) is 2.71. The summed E-state index contributed by atoms with van der Waals surface area (Å²) in [7, 11) is -3.87. The van der Waals surface area contributed by atoms with Crippen molar-refractivity contribution in [1.29, 1.82) is 0 Å². The van der Waals surface area contributed by atoms with Gasteiger partial charge in [-0.2, -0.15) is 26.3 Å². The van der Waals surface area contributed by atoms with Crippen molar-refractivity contribution in [2.45, 2.75) is 13.1 Å². The van der Waals surface area contributed by atoms with E-state index in [1.807, 2.05) is 4.72 Å². The Bertz CT molecular complexity index is 531. The monoisotopic (exact) mass is 346 g/mol. The van der Waals surface area contributed by atoms with Crippen LogP contribution in [0.2, 0.25) is 0 Å². The minimum atomic E-state index is -4.53. The molecular weight excluding hydrogens is 337 g/mol. The van der Waals surface area contributed by atoms with Crippen LogP contribution < -0.4 is 9.44 Å². The fourth-order valence-electron chi connectivity index (χ4n) is 1.15. The number of halogens is 4. The molecule has 0 aromatic heterocycles. The van der Waals surface area contributed by atoms with Crippen LogP contribution in [-0.2, 0) is 16.4 Å². The van der Waals surface area contributed by atoms with Crippen LogP contribution in [0.3, 0.4) is 0 Å². The van der Waals surface area contributed by atoms with Gasteiger partial charge in [-0.15, -0.1) is 0 Å². The lowest BCUT2D eigenvalue weighted by Gasteiger charge is -2.12. The summed E-state index contributed by atoms with van der Waals surface area (Å²) in [4.78, 5) is 0. The van der Waals surface area contributed by atoms with Crippen LogP contribution in [0.4, 0.5) is 18.9 Å². The summed E-state index contributed by atoms with van der Waals surface area (Å²) in [5.74, 6) is 0. The normalized spacial score (nSPS) is 12.5. The molecule has 0 aliphatic carbocycles. The van der Waals surface area contributed by atoms with E-state index in [-0.39, 0.29) is 16.7 Å². The molecule has 0 aliphatic heterocycles. The zero-order chi connectivity index (χ0) is 14.0. The fraction of sp³-hybridized carbons (Fsp3) is 0.333. The molecule has 1 rings (SSSR count). The van der Waals surface area contributed by atoms with Crippen LogP contribution in [0.15, 0.2) is 22.7 Å². The van der Waals surface area contributed by atoms with Gasteiger partial charge in [0.15, 0.2) is 0 Å². The Hall–Kier alpha value is -0.800. The van der Waals surface area contributed by atoms with Gasteiger partial charge in [0.1, 0.15) is 0 Å². The molecule has 0 radical (unpaired) electrons. The molecule has 0 amide bonds. The number of hydrogen-bond donors (Lipinski definition) is 2. The van der Waals surface area contributed by atoms with Gasteiger partial charge in [-0.05, 0) is 34.1 Å². The summed E-state index contributed by atoms with van der Waals surface area (Å²) in [5, 5.41) is 0. The van der Waals surface area contributed by atoms with Crippen LogP contribution in [0, 0.1) is 0 Å². The van der Waals surface area contributed by atoms with Gasteiger partial charge < -0.3 is 0 Å². The molecule has 0 heterocycles. The Balaban J connectivity index is 3.10. The molecule has 4 nitrogen and oxygen atoms in total. The van der Waals surface area contributed by atoms with Crippen molar-refractivity contribution in [3.63, 3.8) is 0 Å². The van der Waals surface area contributed by atoms with E-state index in [0.717, 1.165) is 18.2 Å². The maximum atomic E-state index is 12.5. The van der Waals surface area contributed by atoms with Gasteiger partial charge >= 0.3 is 6.18 Å². The molecule has 9 heteroatoms. The van der Waals surface area contributed by atoms with Gasteiger partial charge in [-0.1, -0.05) is 6.92 Å². The van der Waals surface area contributed by atoms with Crippen molar-refractivity contribution < 1.29 is 21.6 Å². The van der Waals surface area contributed by atoms with Crippen LogP contribution in [-0.4, -0.2) is 15.0 Å². The van der Waals surface area contributed by atoms with Crippen molar-refractivity contribution in [2.75, 3.05) is 11.3 Å². The molecular formula is C9H10BrF3N2O2S. The highest BCUT2D eigenvalue weighted by Gasteiger charge is 2.31. The molecule has 0 bridgehead atoms. The number of rotatable bonds is 4. The van der Waals surface area contributed by atoms with E-state index in [9.17, 15) is 21.6 Å². The van der Waals surface area contributed by atoms with Crippen molar-refractivity contribution >= 4 is 31.8 Å². The first-order chi connectivity index (χ1) is 8.15. The van der Waals surface area contributed by atoms with Crippen molar-refractivity contribution in [3.8, 4) is 0 Å². The van der Waals surface area contributed by atoms with Crippen molar-refractivity contribution in [3.05, 3.63) is 28.2 Å². The third-order valence-electron chi connectivity index (χ3n) is 1.87. The quantitative estimate of drug-likeness (QED) is 0.880. The number of anilines is 1. The SMILES string of the molecule is CCNS(=O)(=O)Nc1cc(C(F)(F)F)ccc1Br. The molecule has 0 fully saturated rings. The van der Waals surface area contributed by atoms with E-state index in [4.69, 9.17) is 0 Å². The molecule has 0 aliphatic rings. The second-order valence-electron chi connectivity index (χ2n) is 3.30. The third kappa shape index (κ3) is 4.14.